The quantitative estimate of drug-likeness (QED) is 0.453. The van der Waals surface area contributed by atoms with Gasteiger partial charge in [-0.15, -0.1) is 0 Å². The number of alkyl halides is 3. The molecule has 0 bridgehead atoms. The Balaban J connectivity index is 2.80. The average molecular weight is 190 g/mol. The van der Waals surface area contributed by atoms with Crippen LogP contribution in [0.3, 0.4) is 0 Å². The van der Waals surface area contributed by atoms with Crippen molar-refractivity contribution in [2.24, 2.45) is 0 Å². The Kier molecular flexibility index (Phi) is 8.20. The second kappa shape index (κ2) is 8.16. The third kappa shape index (κ3) is 10.1. The summed E-state index contributed by atoms with van der Waals surface area (Å²) in [5, 5.41) is 0. The summed E-state index contributed by atoms with van der Waals surface area (Å²) in [5.74, 6) is 0. The van der Waals surface area contributed by atoms with Gasteiger partial charge in [-0.1, -0.05) is 0 Å². The van der Waals surface area contributed by atoms with E-state index in [-0.39, 0.29) is 19.6 Å². The minimum atomic E-state index is -2.36. The molecule has 0 saturated heterocycles. The molecule has 0 aliphatic heterocycles. The van der Waals surface area contributed by atoms with Crippen molar-refractivity contribution >= 4 is 12.3 Å². The van der Waals surface area contributed by atoms with Crippen LogP contribution in [0.1, 0.15) is 6.42 Å². The summed E-state index contributed by atoms with van der Waals surface area (Å²) in [4.78, 5) is 0. The van der Waals surface area contributed by atoms with Gasteiger partial charge in [0.1, 0.15) is 6.67 Å². The van der Waals surface area contributed by atoms with Crippen molar-refractivity contribution in [3.63, 3.8) is 0 Å². The number of rotatable bonds is 7. The molecule has 0 saturated carbocycles. The Labute approximate surface area is 67.5 Å². The van der Waals surface area contributed by atoms with Gasteiger partial charge in [0, 0.05) is 6.42 Å². The molecule has 0 fully saturated rings. The van der Waals surface area contributed by atoms with E-state index in [1.54, 1.807) is 0 Å². The predicted octanol–water partition coefficient (Wildman–Crippen LogP) is 2.21. The lowest BCUT2D eigenvalue weighted by Crippen LogP contribution is -1.97. The molecule has 68 valence electrons. The van der Waals surface area contributed by atoms with E-state index in [2.05, 4.69) is 8.37 Å². The lowest BCUT2D eigenvalue weighted by Gasteiger charge is -1.99. The third-order valence-corrected chi connectivity index (χ3v) is 1.20. The molecule has 0 aromatic rings. The van der Waals surface area contributed by atoms with Crippen LogP contribution in [0.5, 0.6) is 0 Å². The highest BCUT2D eigenvalue weighted by atomic mass is 32.2. The fourth-order valence-corrected chi connectivity index (χ4v) is 0.634. The first-order chi connectivity index (χ1) is 5.27. The third-order valence-electron chi connectivity index (χ3n) is 0.676. The molecular formula is C5H9F3O2S. The van der Waals surface area contributed by atoms with Crippen LogP contribution in [0.4, 0.5) is 13.2 Å². The first-order valence-corrected chi connectivity index (χ1v) is 3.69. The maximum absolute atomic E-state index is 11.4. The van der Waals surface area contributed by atoms with Crippen LogP contribution < -0.4 is 0 Å². The summed E-state index contributed by atoms with van der Waals surface area (Å²) in [6.45, 7) is -0.779. The molecular weight excluding hydrogens is 181 g/mol. The van der Waals surface area contributed by atoms with Crippen molar-refractivity contribution < 1.29 is 21.5 Å². The molecule has 0 N–H and O–H groups in total. The van der Waals surface area contributed by atoms with E-state index in [1.807, 2.05) is 0 Å². The van der Waals surface area contributed by atoms with E-state index in [0.29, 0.717) is 12.3 Å². The summed E-state index contributed by atoms with van der Waals surface area (Å²) >= 11 is 0.546. The van der Waals surface area contributed by atoms with E-state index in [1.165, 1.54) is 0 Å². The van der Waals surface area contributed by atoms with Gasteiger partial charge in [-0.2, -0.15) is 0 Å². The van der Waals surface area contributed by atoms with Crippen molar-refractivity contribution in [2.45, 2.75) is 12.8 Å². The van der Waals surface area contributed by atoms with Gasteiger partial charge >= 0.3 is 0 Å². The monoisotopic (exact) mass is 190 g/mol. The summed E-state index contributed by atoms with van der Waals surface area (Å²) in [6, 6.07) is 0. The molecule has 0 aromatic carbocycles. The first kappa shape index (κ1) is 11.1. The standard InChI is InChI=1S/C5H9F3O2S/c6-2-4-10-11-9-3-1-5(7)8/h5H,1-4H2. The summed E-state index contributed by atoms with van der Waals surface area (Å²) in [6.07, 6.45) is -2.69. The van der Waals surface area contributed by atoms with Crippen LogP contribution in [0.25, 0.3) is 0 Å². The molecule has 0 aliphatic rings. The molecule has 6 heteroatoms. The molecule has 0 radical (unpaired) electrons. The van der Waals surface area contributed by atoms with E-state index in [4.69, 9.17) is 0 Å². The lowest BCUT2D eigenvalue weighted by atomic mass is 10.5. The van der Waals surface area contributed by atoms with Crippen LogP contribution in [0, 0.1) is 0 Å². The van der Waals surface area contributed by atoms with Crippen molar-refractivity contribution in [3.8, 4) is 0 Å². The van der Waals surface area contributed by atoms with Gasteiger partial charge in [0.25, 0.3) is 0 Å². The van der Waals surface area contributed by atoms with Gasteiger partial charge in [0.15, 0.2) is 12.3 Å². The highest BCUT2D eigenvalue weighted by molar-refractivity contribution is 7.89. The highest BCUT2D eigenvalue weighted by Gasteiger charge is 2.01. The molecule has 0 aliphatic carbocycles. The van der Waals surface area contributed by atoms with Crippen LogP contribution in [0.15, 0.2) is 0 Å². The van der Waals surface area contributed by atoms with Crippen LogP contribution in [-0.4, -0.2) is 26.3 Å². The maximum Gasteiger partial charge on any atom is 0.240 e. The zero-order valence-corrected chi connectivity index (χ0v) is 6.58. The molecule has 0 amide bonds. The van der Waals surface area contributed by atoms with Crippen LogP contribution in [-0.2, 0) is 8.37 Å². The minimum absolute atomic E-state index is 0.0840. The molecule has 0 spiro atoms. The molecule has 0 heterocycles. The molecule has 11 heavy (non-hydrogen) atoms. The van der Waals surface area contributed by atoms with Gasteiger partial charge in [0.05, 0.1) is 13.2 Å². The smallest absolute Gasteiger partial charge is 0.240 e. The number of halogens is 3. The fourth-order valence-electron chi connectivity index (χ4n) is 0.271. The number of hydrogen-bond acceptors (Lipinski definition) is 3. The van der Waals surface area contributed by atoms with Gasteiger partial charge in [-0.05, 0) is 0 Å². The zero-order chi connectivity index (χ0) is 8.53. The Hall–Kier alpha value is 0.0600. The fraction of sp³-hybridized carbons (Fsp3) is 1.00. The van der Waals surface area contributed by atoms with E-state index in [9.17, 15) is 13.2 Å². The van der Waals surface area contributed by atoms with Gasteiger partial charge in [0.2, 0.25) is 6.43 Å². The zero-order valence-electron chi connectivity index (χ0n) is 5.76. The molecule has 0 unspecified atom stereocenters. The summed E-state index contributed by atoms with van der Waals surface area (Å²) < 4.78 is 43.1. The Bertz CT molecular complexity index is 84.1. The van der Waals surface area contributed by atoms with Gasteiger partial charge < -0.3 is 0 Å². The second-order valence-electron chi connectivity index (χ2n) is 1.58. The molecule has 0 rings (SSSR count). The predicted molar refractivity (Wildman–Crippen MR) is 36.1 cm³/mol. The summed E-state index contributed by atoms with van der Waals surface area (Å²) in [7, 11) is 0. The average Bonchev–Trinajstić information content (AvgIpc) is 1.96. The van der Waals surface area contributed by atoms with Gasteiger partial charge in [-0.3, -0.25) is 8.37 Å². The van der Waals surface area contributed by atoms with E-state index in [0.717, 1.165) is 0 Å². The summed E-state index contributed by atoms with van der Waals surface area (Å²) in [5.41, 5.74) is 0. The molecule has 0 aromatic heterocycles. The second-order valence-corrected chi connectivity index (χ2v) is 2.19. The minimum Gasteiger partial charge on any atom is -0.291 e. The van der Waals surface area contributed by atoms with Gasteiger partial charge in [-0.25, -0.2) is 13.2 Å². The Morgan fingerprint density at radius 1 is 1.18 bits per heavy atom. The number of hydrogen-bond donors (Lipinski definition) is 0. The van der Waals surface area contributed by atoms with Crippen molar-refractivity contribution in [1.82, 2.24) is 0 Å². The van der Waals surface area contributed by atoms with Crippen LogP contribution in [0.2, 0.25) is 0 Å². The lowest BCUT2D eigenvalue weighted by molar-refractivity contribution is 0.116. The topological polar surface area (TPSA) is 18.5 Å². The van der Waals surface area contributed by atoms with E-state index >= 15 is 0 Å². The van der Waals surface area contributed by atoms with Crippen LogP contribution >= 0.6 is 12.3 Å². The Morgan fingerprint density at radius 3 is 2.36 bits per heavy atom. The van der Waals surface area contributed by atoms with Crippen molar-refractivity contribution in [2.75, 3.05) is 19.9 Å². The first-order valence-electron chi connectivity index (χ1n) is 3.02. The normalized spacial score (nSPS) is 10.9. The Morgan fingerprint density at radius 2 is 1.82 bits per heavy atom. The molecule has 0 atom stereocenters. The molecule has 2 nitrogen and oxygen atoms in total. The SMILES string of the molecule is FCCOSOCCC(F)F. The van der Waals surface area contributed by atoms with Crippen molar-refractivity contribution in [3.05, 3.63) is 0 Å². The van der Waals surface area contributed by atoms with E-state index < -0.39 is 13.1 Å². The largest absolute Gasteiger partial charge is 0.291 e. The highest BCUT2D eigenvalue weighted by Crippen LogP contribution is 2.07. The van der Waals surface area contributed by atoms with Crippen molar-refractivity contribution in [1.29, 1.82) is 0 Å². The maximum atomic E-state index is 11.4.